The summed E-state index contributed by atoms with van der Waals surface area (Å²) in [6.07, 6.45) is 0. The van der Waals surface area contributed by atoms with Crippen LogP contribution in [0.5, 0.6) is 0 Å². The fraction of sp³-hybridized carbons (Fsp3) is 0.154. The van der Waals surface area contributed by atoms with Crippen LogP contribution < -0.4 is 5.32 Å². The van der Waals surface area contributed by atoms with Crippen molar-refractivity contribution in [3.05, 3.63) is 63.6 Å². The summed E-state index contributed by atoms with van der Waals surface area (Å²) in [5.74, 6) is 0.181. The molecule has 0 fully saturated rings. The lowest BCUT2D eigenvalue weighted by molar-refractivity contribution is -0.385. The van der Waals surface area contributed by atoms with E-state index in [1.807, 2.05) is 0 Å². The molecule has 0 saturated carbocycles. The number of benzene rings is 1. The van der Waals surface area contributed by atoms with Crippen LogP contribution in [0.25, 0.3) is 0 Å². The molecule has 1 aromatic heterocycles. The van der Waals surface area contributed by atoms with Gasteiger partial charge in [-0.1, -0.05) is 18.2 Å². The molecule has 2 aromatic rings. The number of aromatic nitrogens is 1. The molecule has 1 heterocycles. The van der Waals surface area contributed by atoms with Crippen molar-refractivity contribution >= 4 is 11.5 Å². The van der Waals surface area contributed by atoms with Crippen LogP contribution in [0.1, 0.15) is 11.3 Å². The van der Waals surface area contributed by atoms with Crippen molar-refractivity contribution in [1.29, 1.82) is 0 Å². The minimum absolute atomic E-state index is 0.0311. The van der Waals surface area contributed by atoms with Gasteiger partial charge in [-0.2, -0.15) is 0 Å². The number of anilines is 1. The molecule has 98 valence electrons. The van der Waals surface area contributed by atoms with E-state index in [-0.39, 0.29) is 18.0 Å². The fourth-order valence-electron chi connectivity index (χ4n) is 1.67. The summed E-state index contributed by atoms with van der Waals surface area (Å²) in [6.45, 7) is 1.84. The maximum atomic E-state index is 13.4. The Bertz CT molecular complexity index is 617. The SMILES string of the molecule is Cc1nc(NCc2ccccc2F)ccc1[N+](=O)[O-]. The number of hydrogen-bond donors (Lipinski definition) is 1. The molecule has 0 spiro atoms. The average molecular weight is 261 g/mol. The monoisotopic (exact) mass is 261 g/mol. The molecule has 0 radical (unpaired) electrons. The third kappa shape index (κ3) is 3.04. The molecule has 2 rings (SSSR count). The van der Waals surface area contributed by atoms with E-state index in [2.05, 4.69) is 10.3 Å². The molecular weight excluding hydrogens is 249 g/mol. The second-order valence-electron chi connectivity index (χ2n) is 4.00. The van der Waals surface area contributed by atoms with E-state index in [9.17, 15) is 14.5 Å². The van der Waals surface area contributed by atoms with Crippen molar-refractivity contribution in [2.24, 2.45) is 0 Å². The van der Waals surface area contributed by atoms with Gasteiger partial charge in [-0.05, 0) is 19.1 Å². The second-order valence-corrected chi connectivity index (χ2v) is 4.00. The van der Waals surface area contributed by atoms with Crippen LogP contribution in [0.4, 0.5) is 15.9 Å². The van der Waals surface area contributed by atoms with Gasteiger partial charge >= 0.3 is 0 Å². The Hall–Kier alpha value is -2.50. The molecule has 0 bridgehead atoms. The minimum atomic E-state index is -0.483. The van der Waals surface area contributed by atoms with E-state index >= 15 is 0 Å². The first-order valence-electron chi connectivity index (χ1n) is 5.67. The van der Waals surface area contributed by atoms with E-state index in [0.717, 1.165) is 0 Å². The van der Waals surface area contributed by atoms with Crippen molar-refractivity contribution in [3.8, 4) is 0 Å². The summed E-state index contributed by atoms with van der Waals surface area (Å²) in [6, 6.07) is 9.30. The summed E-state index contributed by atoms with van der Waals surface area (Å²) >= 11 is 0. The molecule has 1 aromatic carbocycles. The number of hydrogen-bond acceptors (Lipinski definition) is 4. The van der Waals surface area contributed by atoms with Gasteiger partial charge in [0.25, 0.3) is 5.69 Å². The number of nitrogens with one attached hydrogen (secondary N) is 1. The van der Waals surface area contributed by atoms with Gasteiger partial charge in [0.05, 0.1) is 4.92 Å². The molecule has 19 heavy (non-hydrogen) atoms. The second kappa shape index (κ2) is 5.43. The molecule has 1 N–H and O–H groups in total. The number of rotatable bonds is 4. The van der Waals surface area contributed by atoms with Gasteiger partial charge < -0.3 is 5.32 Å². The number of nitrogens with zero attached hydrogens (tertiary/aromatic N) is 2. The molecule has 0 aliphatic rings. The Morgan fingerprint density at radius 1 is 1.32 bits per heavy atom. The highest BCUT2D eigenvalue weighted by atomic mass is 19.1. The van der Waals surface area contributed by atoms with Gasteiger partial charge in [0, 0.05) is 18.2 Å². The highest BCUT2D eigenvalue weighted by molar-refractivity contribution is 5.45. The molecule has 0 atom stereocenters. The van der Waals surface area contributed by atoms with Crippen molar-refractivity contribution in [2.45, 2.75) is 13.5 Å². The van der Waals surface area contributed by atoms with Crippen LogP contribution in [0.2, 0.25) is 0 Å². The third-order valence-corrected chi connectivity index (χ3v) is 2.67. The highest BCUT2D eigenvalue weighted by Crippen LogP contribution is 2.18. The lowest BCUT2D eigenvalue weighted by Crippen LogP contribution is -2.04. The van der Waals surface area contributed by atoms with Crippen LogP contribution in [-0.4, -0.2) is 9.91 Å². The lowest BCUT2D eigenvalue weighted by Gasteiger charge is -2.07. The van der Waals surface area contributed by atoms with Gasteiger partial charge in [0.2, 0.25) is 0 Å². The summed E-state index contributed by atoms with van der Waals surface area (Å²) in [4.78, 5) is 14.2. The van der Waals surface area contributed by atoms with Crippen molar-refractivity contribution in [1.82, 2.24) is 4.98 Å². The van der Waals surface area contributed by atoms with Crippen LogP contribution in [-0.2, 0) is 6.54 Å². The Kier molecular flexibility index (Phi) is 3.70. The van der Waals surface area contributed by atoms with Gasteiger partial charge in [-0.15, -0.1) is 0 Å². The molecular formula is C13H12FN3O2. The van der Waals surface area contributed by atoms with E-state index in [1.54, 1.807) is 25.1 Å². The first-order valence-corrected chi connectivity index (χ1v) is 5.67. The molecule has 0 unspecified atom stereocenters. The van der Waals surface area contributed by atoms with Crippen molar-refractivity contribution in [2.75, 3.05) is 5.32 Å². The summed E-state index contributed by atoms with van der Waals surface area (Å²) in [5.41, 5.74) is 0.806. The Morgan fingerprint density at radius 3 is 2.68 bits per heavy atom. The quantitative estimate of drug-likeness (QED) is 0.678. The largest absolute Gasteiger partial charge is 0.366 e. The molecule has 0 aliphatic heterocycles. The van der Waals surface area contributed by atoms with E-state index < -0.39 is 4.92 Å². The predicted molar refractivity (Wildman–Crippen MR) is 69.4 cm³/mol. The zero-order valence-electron chi connectivity index (χ0n) is 10.3. The van der Waals surface area contributed by atoms with E-state index in [1.165, 1.54) is 18.2 Å². The first kappa shape index (κ1) is 12.9. The predicted octanol–water partition coefficient (Wildman–Crippen LogP) is 3.05. The normalized spacial score (nSPS) is 10.2. The average Bonchev–Trinajstić information content (AvgIpc) is 2.37. The molecule has 0 saturated heterocycles. The highest BCUT2D eigenvalue weighted by Gasteiger charge is 2.11. The van der Waals surface area contributed by atoms with Crippen LogP contribution in [0, 0.1) is 22.9 Å². The van der Waals surface area contributed by atoms with E-state index in [4.69, 9.17) is 0 Å². The van der Waals surface area contributed by atoms with Crippen LogP contribution in [0.15, 0.2) is 36.4 Å². The smallest absolute Gasteiger partial charge is 0.290 e. The van der Waals surface area contributed by atoms with Crippen molar-refractivity contribution in [3.63, 3.8) is 0 Å². The standard InChI is InChI=1S/C13H12FN3O2/c1-9-12(17(18)19)6-7-13(16-9)15-8-10-4-2-3-5-11(10)14/h2-7H,8H2,1H3,(H,15,16). The first-order chi connectivity index (χ1) is 9.08. The molecule has 0 aliphatic carbocycles. The molecule has 6 heteroatoms. The molecule has 5 nitrogen and oxygen atoms in total. The van der Waals surface area contributed by atoms with E-state index in [0.29, 0.717) is 17.1 Å². The molecule has 0 amide bonds. The Labute approximate surface area is 109 Å². The zero-order chi connectivity index (χ0) is 13.8. The number of halogens is 1. The Balaban J connectivity index is 2.11. The maximum Gasteiger partial charge on any atom is 0.290 e. The van der Waals surface area contributed by atoms with Gasteiger partial charge in [-0.3, -0.25) is 10.1 Å². The summed E-state index contributed by atoms with van der Waals surface area (Å²) in [5, 5.41) is 13.6. The van der Waals surface area contributed by atoms with Crippen LogP contribution >= 0.6 is 0 Å². The fourth-order valence-corrected chi connectivity index (χ4v) is 1.67. The maximum absolute atomic E-state index is 13.4. The summed E-state index contributed by atoms with van der Waals surface area (Å²) in [7, 11) is 0. The van der Waals surface area contributed by atoms with Crippen LogP contribution in [0.3, 0.4) is 0 Å². The number of pyridine rings is 1. The van der Waals surface area contributed by atoms with Crippen molar-refractivity contribution < 1.29 is 9.31 Å². The number of nitro groups is 1. The minimum Gasteiger partial charge on any atom is -0.366 e. The van der Waals surface area contributed by atoms with Gasteiger partial charge in [-0.25, -0.2) is 9.37 Å². The Morgan fingerprint density at radius 2 is 2.05 bits per heavy atom. The lowest BCUT2D eigenvalue weighted by atomic mass is 10.2. The summed E-state index contributed by atoms with van der Waals surface area (Å²) < 4.78 is 13.4. The van der Waals surface area contributed by atoms with Gasteiger partial charge in [0.1, 0.15) is 17.3 Å². The topological polar surface area (TPSA) is 68.1 Å². The zero-order valence-corrected chi connectivity index (χ0v) is 10.3. The third-order valence-electron chi connectivity index (χ3n) is 2.67. The van der Waals surface area contributed by atoms with Gasteiger partial charge in [0.15, 0.2) is 0 Å². The number of aryl methyl sites for hydroxylation is 1.